The van der Waals surface area contributed by atoms with E-state index in [2.05, 4.69) is 15.0 Å². The monoisotopic (exact) mass is 536 g/mol. The van der Waals surface area contributed by atoms with Gasteiger partial charge < -0.3 is 14.6 Å². The van der Waals surface area contributed by atoms with Crippen LogP contribution >= 0.6 is 24.0 Å². The summed E-state index contributed by atoms with van der Waals surface area (Å²) in [4.78, 5) is 7.66. The molecule has 0 saturated carbocycles. The summed E-state index contributed by atoms with van der Waals surface area (Å²) in [6, 6.07) is 24.7. The van der Waals surface area contributed by atoms with E-state index in [4.69, 9.17) is 16.6 Å². The third kappa shape index (κ3) is 5.25. The second-order valence-corrected chi connectivity index (χ2v) is 11.7. The molecule has 184 valence electrons. The summed E-state index contributed by atoms with van der Waals surface area (Å²) in [6.45, 7) is 1.86. The predicted molar refractivity (Wildman–Crippen MR) is 147 cm³/mol. The number of benzene rings is 2. The highest BCUT2D eigenvalue weighted by Gasteiger charge is 2.42. The normalized spacial score (nSPS) is 17.7. The lowest BCUT2D eigenvalue weighted by molar-refractivity contribution is 0.383. The molecule has 1 saturated heterocycles. The third-order valence-electron chi connectivity index (χ3n) is 5.74. The van der Waals surface area contributed by atoms with Crippen LogP contribution in [0.3, 0.4) is 0 Å². The Labute approximate surface area is 220 Å². The number of hydrogen-bond donors (Lipinski definition) is 2. The van der Waals surface area contributed by atoms with Crippen LogP contribution in [0, 0.1) is 6.92 Å². The van der Waals surface area contributed by atoms with Gasteiger partial charge in [-0.25, -0.2) is 8.42 Å². The average molecular weight is 537 g/mol. The molecule has 0 amide bonds. The van der Waals surface area contributed by atoms with Gasteiger partial charge in [0.25, 0.3) is 0 Å². The Kier molecular flexibility index (Phi) is 6.74. The van der Waals surface area contributed by atoms with Gasteiger partial charge in [0, 0.05) is 16.8 Å². The van der Waals surface area contributed by atoms with Crippen molar-refractivity contribution in [3.63, 3.8) is 0 Å². The van der Waals surface area contributed by atoms with Gasteiger partial charge in [-0.05, 0) is 79.3 Å². The molecule has 3 heterocycles. The molecule has 2 aromatic heterocycles. The second kappa shape index (κ2) is 9.96. The van der Waals surface area contributed by atoms with E-state index < -0.39 is 10.0 Å². The first-order chi connectivity index (χ1) is 17.3. The van der Waals surface area contributed by atoms with Crippen molar-refractivity contribution in [2.24, 2.45) is 0 Å². The zero-order valence-corrected chi connectivity index (χ0v) is 22.0. The van der Waals surface area contributed by atoms with E-state index in [-0.39, 0.29) is 12.1 Å². The fourth-order valence-electron chi connectivity index (χ4n) is 4.19. The lowest BCUT2D eigenvalue weighted by Gasteiger charge is -2.26. The van der Waals surface area contributed by atoms with Crippen molar-refractivity contribution < 1.29 is 12.8 Å². The molecule has 1 aliphatic heterocycles. The molecule has 2 atom stereocenters. The molecular formula is C26H24N4O3S3. The van der Waals surface area contributed by atoms with Crippen molar-refractivity contribution in [1.29, 1.82) is 0 Å². The first-order valence-corrected chi connectivity index (χ1v) is 14.3. The van der Waals surface area contributed by atoms with Crippen molar-refractivity contribution in [2.75, 3.05) is 15.9 Å². The maximum atomic E-state index is 11.7. The third-order valence-corrected chi connectivity index (χ3v) is 7.57. The number of pyridine rings is 1. The summed E-state index contributed by atoms with van der Waals surface area (Å²) in [6.07, 6.45) is 2.89. The Bertz CT molecular complexity index is 1490. The molecule has 2 N–H and O–H groups in total. The second-order valence-electron chi connectivity index (χ2n) is 8.44. The number of aryl methyl sites for hydroxylation is 1. The smallest absolute Gasteiger partial charge is 0.229 e. The van der Waals surface area contributed by atoms with Gasteiger partial charge in [0.2, 0.25) is 10.0 Å². The maximum absolute atomic E-state index is 11.7. The molecule has 4 aromatic rings. The number of hydrogen-bond acceptors (Lipinski definition) is 6. The van der Waals surface area contributed by atoms with Crippen LogP contribution in [0.15, 0.2) is 99.5 Å². The van der Waals surface area contributed by atoms with E-state index >= 15 is 0 Å². The van der Waals surface area contributed by atoms with Crippen LogP contribution in [0.5, 0.6) is 0 Å². The molecule has 0 bridgehead atoms. The summed E-state index contributed by atoms with van der Waals surface area (Å²) >= 11 is 7.33. The van der Waals surface area contributed by atoms with Crippen LogP contribution in [0.4, 0.5) is 11.4 Å². The van der Waals surface area contributed by atoms with Crippen LogP contribution in [0.1, 0.15) is 29.1 Å². The topological polar surface area (TPSA) is 87.5 Å². The standard InChI is InChI=1S/C26H24N4O3S3/c1-17-16-18(11-12-20(17)29-36(2,31)32)30-25(24(28-26(30)34)21-10-6-7-15-27-21)22-13-14-23(33-22)35-19-8-4-3-5-9-19/h3-16,24-25,29H,1-2H3,(H,28,34)/t24-,25-/m0/s1. The van der Waals surface area contributed by atoms with E-state index in [1.54, 1.807) is 24.0 Å². The number of aromatic nitrogens is 1. The Morgan fingerprint density at radius 1 is 1.06 bits per heavy atom. The van der Waals surface area contributed by atoms with E-state index in [1.165, 1.54) is 0 Å². The van der Waals surface area contributed by atoms with Crippen molar-refractivity contribution in [3.05, 3.63) is 102 Å². The Morgan fingerprint density at radius 2 is 1.83 bits per heavy atom. The van der Waals surface area contributed by atoms with Crippen LogP contribution < -0.4 is 14.9 Å². The van der Waals surface area contributed by atoms with Crippen LogP contribution in [0.25, 0.3) is 0 Å². The first kappa shape index (κ1) is 24.4. The van der Waals surface area contributed by atoms with Crippen LogP contribution in [-0.2, 0) is 10.0 Å². The molecule has 0 spiro atoms. The van der Waals surface area contributed by atoms with Gasteiger partial charge in [0.1, 0.15) is 11.8 Å². The van der Waals surface area contributed by atoms with Gasteiger partial charge in [0.15, 0.2) is 10.2 Å². The van der Waals surface area contributed by atoms with E-state index in [0.717, 1.165) is 38.9 Å². The summed E-state index contributed by atoms with van der Waals surface area (Å²) in [5.41, 5.74) is 2.96. The molecule has 0 unspecified atom stereocenters. The number of nitrogens with one attached hydrogen (secondary N) is 2. The highest BCUT2D eigenvalue weighted by molar-refractivity contribution is 7.99. The Balaban J connectivity index is 1.53. The molecule has 7 nitrogen and oxygen atoms in total. The predicted octanol–water partition coefficient (Wildman–Crippen LogP) is 5.68. The Morgan fingerprint density at radius 3 is 2.53 bits per heavy atom. The summed E-state index contributed by atoms with van der Waals surface area (Å²) in [7, 11) is -3.39. The van der Waals surface area contributed by atoms with Crippen LogP contribution in [-0.4, -0.2) is 24.8 Å². The minimum Gasteiger partial charge on any atom is -0.452 e. The summed E-state index contributed by atoms with van der Waals surface area (Å²) in [5.74, 6) is 0.743. The molecule has 10 heteroatoms. The van der Waals surface area contributed by atoms with Crippen molar-refractivity contribution >= 4 is 50.5 Å². The van der Waals surface area contributed by atoms with Gasteiger partial charge in [-0.2, -0.15) is 0 Å². The number of furan rings is 1. The highest BCUT2D eigenvalue weighted by Crippen LogP contribution is 2.44. The molecule has 1 fully saturated rings. The van der Waals surface area contributed by atoms with Crippen molar-refractivity contribution in [3.8, 4) is 0 Å². The maximum Gasteiger partial charge on any atom is 0.229 e. The van der Waals surface area contributed by atoms with Gasteiger partial charge in [-0.15, -0.1) is 0 Å². The fraction of sp³-hybridized carbons (Fsp3) is 0.154. The van der Waals surface area contributed by atoms with Gasteiger partial charge in [-0.1, -0.05) is 36.0 Å². The lowest BCUT2D eigenvalue weighted by Crippen LogP contribution is -2.29. The first-order valence-electron chi connectivity index (χ1n) is 11.2. The molecule has 5 rings (SSSR count). The number of sulfonamides is 1. The molecule has 0 radical (unpaired) electrons. The molecule has 1 aliphatic rings. The number of thiocarbonyl (C=S) groups is 1. The minimum absolute atomic E-state index is 0.242. The quantitative estimate of drug-likeness (QED) is 0.292. The zero-order valence-electron chi connectivity index (χ0n) is 19.6. The molecular weight excluding hydrogens is 513 g/mol. The highest BCUT2D eigenvalue weighted by atomic mass is 32.2. The van der Waals surface area contributed by atoms with Crippen LogP contribution in [0.2, 0.25) is 0 Å². The molecule has 0 aliphatic carbocycles. The van der Waals surface area contributed by atoms with Gasteiger partial charge >= 0.3 is 0 Å². The summed E-state index contributed by atoms with van der Waals surface area (Å²) in [5, 5.41) is 4.73. The number of nitrogens with zero attached hydrogens (tertiary/aromatic N) is 2. The van der Waals surface area contributed by atoms with E-state index in [0.29, 0.717) is 10.8 Å². The number of rotatable bonds is 7. The lowest BCUT2D eigenvalue weighted by atomic mass is 10.0. The van der Waals surface area contributed by atoms with Gasteiger partial charge in [0.05, 0.1) is 23.7 Å². The fourth-order valence-corrected chi connectivity index (χ4v) is 5.96. The zero-order chi connectivity index (χ0) is 25.3. The average Bonchev–Trinajstić information content (AvgIpc) is 3.44. The van der Waals surface area contributed by atoms with E-state index in [1.807, 2.05) is 84.6 Å². The number of anilines is 2. The molecule has 2 aromatic carbocycles. The Hall–Kier alpha value is -3.34. The molecule has 36 heavy (non-hydrogen) atoms. The van der Waals surface area contributed by atoms with Gasteiger partial charge in [-0.3, -0.25) is 9.71 Å². The minimum atomic E-state index is -3.39. The van der Waals surface area contributed by atoms with E-state index in [9.17, 15) is 8.42 Å². The van der Waals surface area contributed by atoms with Crippen molar-refractivity contribution in [1.82, 2.24) is 10.3 Å². The SMILES string of the molecule is Cc1cc(N2C(=S)N[C@@H](c3ccccn3)[C@@H]2c2ccc(Sc3ccccc3)o2)ccc1NS(C)(=O)=O. The largest absolute Gasteiger partial charge is 0.452 e. The summed E-state index contributed by atoms with van der Waals surface area (Å²) < 4.78 is 32.4. The van der Waals surface area contributed by atoms with Crippen molar-refractivity contribution in [2.45, 2.75) is 29.0 Å².